The Labute approximate surface area is 128 Å². The molecule has 2 rings (SSSR count). The average Bonchev–Trinajstić information content (AvgIpc) is 2.52. The smallest absolute Gasteiger partial charge is 0.0628 e. The third-order valence-electron chi connectivity index (χ3n) is 3.91. The largest absolute Gasteiger partial charge is 0.392 e. The normalized spacial score (nSPS) is 13.5. The summed E-state index contributed by atoms with van der Waals surface area (Å²) >= 11 is 0. The van der Waals surface area contributed by atoms with Crippen molar-refractivity contribution in [3.63, 3.8) is 0 Å². The van der Waals surface area contributed by atoms with Crippen LogP contribution in [-0.4, -0.2) is 11.2 Å². The molecule has 21 heavy (non-hydrogen) atoms. The zero-order valence-corrected chi connectivity index (χ0v) is 12.9. The van der Waals surface area contributed by atoms with Crippen molar-refractivity contribution in [2.24, 2.45) is 5.41 Å². The maximum Gasteiger partial charge on any atom is 0.0628 e. The molecule has 0 fully saturated rings. The van der Waals surface area contributed by atoms with Crippen LogP contribution in [0.1, 0.15) is 31.4 Å². The molecule has 0 bridgehead atoms. The summed E-state index contributed by atoms with van der Waals surface area (Å²) in [4.78, 5) is 0. The summed E-state index contributed by atoms with van der Waals surface area (Å²) in [7, 11) is 0. The highest BCUT2D eigenvalue weighted by molar-refractivity contribution is 5.49. The number of rotatable bonds is 6. The summed E-state index contributed by atoms with van der Waals surface area (Å²) in [6.07, 6.45) is 5.53. The predicted octanol–water partition coefficient (Wildman–Crippen LogP) is 4.72. The topological polar surface area (TPSA) is 20.2 Å². The second-order valence-electron chi connectivity index (χ2n) is 6.11. The molecule has 0 heterocycles. The molecule has 0 aliphatic carbocycles. The van der Waals surface area contributed by atoms with Gasteiger partial charge >= 0.3 is 0 Å². The van der Waals surface area contributed by atoms with E-state index in [1.807, 2.05) is 36.4 Å². The molecule has 0 aliphatic rings. The first kappa shape index (κ1) is 15.5. The summed E-state index contributed by atoms with van der Waals surface area (Å²) < 4.78 is 0. The van der Waals surface area contributed by atoms with Crippen molar-refractivity contribution in [3.05, 3.63) is 77.9 Å². The van der Waals surface area contributed by atoms with Crippen LogP contribution < -0.4 is 0 Å². The van der Waals surface area contributed by atoms with E-state index in [0.29, 0.717) is 0 Å². The van der Waals surface area contributed by atoms with Gasteiger partial charge < -0.3 is 5.11 Å². The van der Waals surface area contributed by atoms with Gasteiger partial charge in [0, 0.05) is 5.41 Å². The second kappa shape index (κ2) is 7.24. The lowest BCUT2D eigenvalue weighted by atomic mass is 9.83. The maximum absolute atomic E-state index is 10.5. The summed E-state index contributed by atoms with van der Waals surface area (Å²) in [6, 6.07) is 20.5. The van der Waals surface area contributed by atoms with E-state index in [-0.39, 0.29) is 11.5 Å². The van der Waals surface area contributed by atoms with E-state index in [0.717, 1.165) is 12.8 Å². The fourth-order valence-electron chi connectivity index (χ4n) is 2.31. The second-order valence-corrected chi connectivity index (χ2v) is 6.11. The molecule has 0 amide bonds. The van der Waals surface area contributed by atoms with Gasteiger partial charge in [0.1, 0.15) is 0 Å². The average molecular weight is 280 g/mol. The zero-order valence-electron chi connectivity index (χ0n) is 12.9. The number of hydrogen-bond acceptors (Lipinski definition) is 1. The fourth-order valence-corrected chi connectivity index (χ4v) is 2.31. The molecule has 0 spiro atoms. The minimum absolute atomic E-state index is 0.232. The molecule has 110 valence electrons. The summed E-state index contributed by atoms with van der Waals surface area (Å²) in [6.45, 7) is 4.17. The van der Waals surface area contributed by atoms with Crippen LogP contribution in [0.3, 0.4) is 0 Å². The first-order chi connectivity index (χ1) is 10.1. The van der Waals surface area contributed by atoms with Crippen molar-refractivity contribution in [2.75, 3.05) is 0 Å². The number of benzene rings is 2. The highest BCUT2D eigenvalue weighted by Crippen LogP contribution is 2.27. The monoisotopic (exact) mass is 280 g/mol. The van der Waals surface area contributed by atoms with Crippen molar-refractivity contribution >= 4 is 6.08 Å². The molecular formula is C20H24O. The third kappa shape index (κ3) is 4.87. The van der Waals surface area contributed by atoms with Gasteiger partial charge in [-0.1, -0.05) is 86.7 Å². The summed E-state index contributed by atoms with van der Waals surface area (Å²) in [5.74, 6) is 0. The zero-order chi connectivity index (χ0) is 15.1. The third-order valence-corrected chi connectivity index (χ3v) is 3.91. The highest BCUT2D eigenvalue weighted by atomic mass is 16.3. The molecule has 1 N–H and O–H groups in total. The Morgan fingerprint density at radius 1 is 0.952 bits per heavy atom. The first-order valence-corrected chi connectivity index (χ1v) is 7.54. The molecule has 1 heteroatoms. The molecule has 0 aliphatic heterocycles. The van der Waals surface area contributed by atoms with E-state index >= 15 is 0 Å². The molecule has 1 nitrogen and oxygen atoms in total. The molecule has 0 radical (unpaired) electrons. The molecule has 2 aromatic rings. The fraction of sp³-hybridized carbons (Fsp3) is 0.300. The van der Waals surface area contributed by atoms with Gasteiger partial charge in [0.2, 0.25) is 0 Å². The van der Waals surface area contributed by atoms with Crippen LogP contribution in [-0.2, 0) is 6.42 Å². The number of hydrogen-bond donors (Lipinski definition) is 1. The number of aliphatic hydroxyl groups excluding tert-OH is 1. The van der Waals surface area contributed by atoms with Crippen LogP contribution in [0.25, 0.3) is 6.08 Å². The Balaban J connectivity index is 1.93. The van der Waals surface area contributed by atoms with Gasteiger partial charge in [0.05, 0.1) is 6.10 Å². The molecule has 0 saturated carbocycles. The van der Waals surface area contributed by atoms with Crippen LogP contribution in [0.4, 0.5) is 0 Å². The van der Waals surface area contributed by atoms with E-state index in [9.17, 15) is 5.11 Å². The summed E-state index contributed by atoms with van der Waals surface area (Å²) in [5, 5.41) is 10.5. The lowest BCUT2D eigenvalue weighted by Crippen LogP contribution is -2.27. The van der Waals surface area contributed by atoms with Gasteiger partial charge in [0.25, 0.3) is 0 Å². The van der Waals surface area contributed by atoms with Crippen molar-refractivity contribution in [1.82, 2.24) is 0 Å². The van der Waals surface area contributed by atoms with E-state index in [4.69, 9.17) is 0 Å². The molecular weight excluding hydrogens is 256 g/mol. The van der Waals surface area contributed by atoms with E-state index < -0.39 is 0 Å². The van der Waals surface area contributed by atoms with Gasteiger partial charge in [-0.3, -0.25) is 0 Å². The lowest BCUT2D eigenvalue weighted by Gasteiger charge is -2.27. The van der Waals surface area contributed by atoms with E-state index in [1.54, 1.807) is 0 Å². The Kier molecular flexibility index (Phi) is 5.35. The van der Waals surface area contributed by atoms with Crippen LogP contribution in [0, 0.1) is 5.41 Å². The first-order valence-electron chi connectivity index (χ1n) is 7.54. The maximum atomic E-state index is 10.5. The number of aryl methyl sites for hydroxylation is 1. The minimum Gasteiger partial charge on any atom is -0.392 e. The standard InChI is InChI=1S/C20H24O/c1-20(2,16-15-18-11-7-4-8-12-18)19(21)14-13-17-9-5-3-6-10-17/h3-12,15-16,19,21H,13-14H2,1-2H3/b16-15+. The van der Waals surface area contributed by atoms with E-state index in [1.165, 1.54) is 11.1 Å². The Morgan fingerprint density at radius 3 is 2.14 bits per heavy atom. The van der Waals surface area contributed by atoms with Crippen molar-refractivity contribution in [2.45, 2.75) is 32.8 Å². The van der Waals surface area contributed by atoms with Crippen molar-refractivity contribution in [3.8, 4) is 0 Å². The van der Waals surface area contributed by atoms with Gasteiger partial charge in [-0.05, 0) is 24.0 Å². The summed E-state index contributed by atoms with van der Waals surface area (Å²) in [5.41, 5.74) is 2.21. The molecule has 1 atom stereocenters. The van der Waals surface area contributed by atoms with Gasteiger partial charge in [-0.2, -0.15) is 0 Å². The van der Waals surface area contributed by atoms with Crippen LogP contribution in [0.2, 0.25) is 0 Å². The van der Waals surface area contributed by atoms with Crippen LogP contribution >= 0.6 is 0 Å². The SMILES string of the molecule is CC(C)(/C=C/c1ccccc1)C(O)CCc1ccccc1. The van der Waals surface area contributed by atoms with Gasteiger partial charge in [0.15, 0.2) is 0 Å². The molecule has 2 aromatic carbocycles. The van der Waals surface area contributed by atoms with Crippen molar-refractivity contribution in [1.29, 1.82) is 0 Å². The number of aliphatic hydroxyl groups is 1. The highest BCUT2D eigenvalue weighted by Gasteiger charge is 2.24. The Bertz CT molecular complexity index is 555. The molecule has 0 aromatic heterocycles. The van der Waals surface area contributed by atoms with Gasteiger partial charge in [-0.15, -0.1) is 0 Å². The lowest BCUT2D eigenvalue weighted by molar-refractivity contribution is 0.0747. The predicted molar refractivity (Wildman–Crippen MR) is 90.0 cm³/mol. The molecule has 1 unspecified atom stereocenters. The Morgan fingerprint density at radius 2 is 1.52 bits per heavy atom. The van der Waals surface area contributed by atoms with Crippen molar-refractivity contribution < 1.29 is 5.11 Å². The van der Waals surface area contributed by atoms with E-state index in [2.05, 4.69) is 50.3 Å². The van der Waals surface area contributed by atoms with Crippen LogP contribution in [0.15, 0.2) is 66.7 Å². The quantitative estimate of drug-likeness (QED) is 0.811. The van der Waals surface area contributed by atoms with Gasteiger partial charge in [-0.25, -0.2) is 0 Å². The Hall–Kier alpha value is -1.86. The minimum atomic E-state index is -0.349. The molecule has 0 saturated heterocycles. The van der Waals surface area contributed by atoms with Crippen LogP contribution in [0.5, 0.6) is 0 Å².